The van der Waals surface area contributed by atoms with Crippen molar-refractivity contribution in [2.75, 3.05) is 52.4 Å². The second-order valence-electron chi connectivity index (χ2n) is 18.8. The number of nitrogens with zero attached hydrogens (tertiary/aromatic N) is 5. The molecule has 17 heteroatoms. The Bertz CT molecular complexity index is 2780. The fourth-order valence-corrected chi connectivity index (χ4v) is 11.8. The van der Waals surface area contributed by atoms with Gasteiger partial charge < -0.3 is 25.1 Å². The molecule has 0 radical (unpaired) electrons. The van der Waals surface area contributed by atoms with Crippen molar-refractivity contribution < 1.29 is 32.0 Å². The van der Waals surface area contributed by atoms with Gasteiger partial charge in [-0.1, -0.05) is 43.2 Å². The molecule has 4 aliphatic rings. The Labute approximate surface area is 382 Å². The molecule has 65 heavy (non-hydrogen) atoms. The number of pyridine rings is 1. The van der Waals surface area contributed by atoms with Crippen molar-refractivity contribution in [1.82, 2.24) is 23.7 Å². The van der Waals surface area contributed by atoms with Crippen LogP contribution >= 0.6 is 11.6 Å². The number of carbonyl (C=O) groups is 1. The maximum Gasteiger partial charge on any atom is 0.332 e. The molecule has 3 N–H and O–H groups in total. The average molecular weight is 928 g/mol. The molecule has 1 saturated carbocycles. The lowest BCUT2D eigenvalue weighted by atomic mass is 9.72. The zero-order chi connectivity index (χ0) is 45.7. The Morgan fingerprint density at radius 2 is 1.74 bits per heavy atom. The van der Waals surface area contributed by atoms with Gasteiger partial charge >= 0.3 is 15.7 Å². The summed E-state index contributed by atoms with van der Waals surface area (Å²) in [4.78, 5) is 36.4. The topological polar surface area (TPSA) is 174 Å². The number of aromatic nitrogens is 2. The van der Waals surface area contributed by atoms with Crippen LogP contribution in [0.1, 0.15) is 74.7 Å². The number of nitro benzene ring substituents is 1. The normalized spacial score (nSPS) is 20.1. The maximum absolute atomic E-state index is 16.0. The van der Waals surface area contributed by atoms with Crippen molar-refractivity contribution in [3.05, 3.63) is 117 Å². The summed E-state index contributed by atoms with van der Waals surface area (Å²) in [7, 11) is -4.52. The number of sulfonamides is 1. The summed E-state index contributed by atoms with van der Waals surface area (Å²) in [6, 6.07) is 20.0. The zero-order valence-electron chi connectivity index (χ0n) is 36.6. The number of allylic oxidation sites excluding steroid dienone is 1. The number of piperidine rings is 1. The standard InChI is InChI=1S/C48H53ClFN7O7S/c1-47(2)15-13-34(41(28-47)32-3-5-35(49)6-4-32)30-54-21-23-57(24-22-54,37-9-11-40(45(51)58)44(26-37)64-38-25-33-14-18-52-46(33)53-29-38)65(61,62)39-10-12-43(42(27-39)56(59)60)63-31-48(50)16-19-55(20-17-48)36-7-8-36/h3-6,9-12,14,18,25-27,29,36H,7-8,13,15-17,19-24,28,30-31H2,1-2H3,(H2-,51,52,53,58)/p+1. The lowest BCUT2D eigenvalue weighted by Gasteiger charge is -2.43. The number of ether oxygens (including phenoxy) is 2. The number of nitrogens with one attached hydrogen (secondary N) is 1. The van der Waals surface area contributed by atoms with Crippen molar-refractivity contribution in [2.45, 2.75) is 75.4 Å². The Balaban J connectivity index is 1.06. The minimum atomic E-state index is -4.52. The molecule has 342 valence electrons. The second kappa shape index (κ2) is 17.4. The number of hydrogen-bond acceptors (Lipinski definition) is 10. The number of primary amides is 1. The van der Waals surface area contributed by atoms with Crippen molar-refractivity contribution in [1.29, 1.82) is 0 Å². The molecule has 0 atom stereocenters. The number of H-pyrrole nitrogens is 1. The Hall–Kier alpha value is -5.39. The molecule has 2 saturated heterocycles. The van der Waals surface area contributed by atoms with Crippen LogP contribution in [-0.2, 0) is 10.0 Å². The van der Waals surface area contributed by atoms with Crippen LogP contribution in [-0.4, -0.2) is 103 Å². The van der Waals surface area contributed by atoms with E-state index in [0.717, 1.165) is 49.1 Å². The average Bonchev–Trinajstić information content (AvgIpc) is 4.03. The molecule has 2 aliphatic heterocycles. The van der Waals surface area contributed by atoms with E-state index < -0.39 is 36.1 Å². The number of amides is 1. The summed E-state index contributed by atoms with van der Waals surface area (Å²) >= 11 is 6.28. The molecule has 0 spiro atoms. The first-order valence-electron chi connectivity index (χ1n) is 22.2. The van der Waals surface area contributed by atoms with Gasteiger partial charge in [-0.15, -0.1) is 0 Å². The number of quaternary nitrogens is 1. The number of nitrogens with two attached hydrogens (primary N) is 1. The van der Waals surface area contributed by atoms with Crippen LogP contribution in [0.5, 0.6) is 17.2 Å². The second-order valence-corrected chi connectivity index (χ2v) is 21.4. The van der Waals surface area contributed by atoms with E-state index in [1.165, 1.54) is 41.6 Å². The number of halogens is 2. The van der Waals surface area contributed by atoms with E-state index in [-0.39, 0.29) is 65.6 Å². The zero-order valence-corrected chi connectivity index (χ0v) is 38.2. The molecule has 0 bridgehead atoms. The number of rotatable bonds is 14. The van der Waals surface area contributed by atoms with Crippen molar-refractivity contribution in [3.8, 4) is 17.2 Å². The molecule has 14 nitrogen and oxygen atoms in total. The molecule has 5 aromatic rings. The third kappa shape index (κ3) is 9.24. The fourth-order valence-electron chi connectivity index (χ4n) is 9.72. The summed E-state index contributed by atoms with van der Waals surface area (Å²) in [5.74, 6) is -0.660. The van der Waals surface area contributed by atoms with Gasteiger partial charge in [-0.05, 0) is 104 Å². The number of fused-ring (bicyclic) bond motifs is 1. The molecular weight excluding hydrogens is 873 g/mol. The van der Waals surface area contributed by atoms with Crippen LogP contribution in [0.15, 0.2) is 95.7 Å². The highest BCUT2D eigenvalue weighted by molar-refractivity contribution is 7.91. The van der Waals surface area contributed by atoms with Gasteiger partial charge in [0.15, 0.2) is 11.4 Å². The van der Waals surface area contributed by atoms with Gasteiger partial charge in [0.25, 0.3) is 5.91 Å². The number of aromatic amines is 1. The first-order valence-corrected chi connectivity index (χ1v) is 24.0. The predicted octanol–water partition coefficient (Wildman–Crippen LogP) is 9.04. The molecule has 2 aliphatic carbocycles. The van der Waals surface area contributed by atoms with Gasteiger partial charge in [0.2, 0.25) is 0 Å². The largest absolute Gasteiger partial charge is 0.483 e. The van der Waals surface area contributed by atoms with Crippen LogP contribution in [0.2, 0.25) is 5.02 Å². The van der Waals surface area contributed by atoms with Gasteiger partial charge in [-0.3, -0.25) is 19.8 Å². The lowest BCUT2D eigenvalue weighted by molar-refractivity contribution is -0.386. The monoisotopic (exact) mass is 926 g/mol. The number of benzene rings is 3. The van der Waals surface area contributed by atoms with Gasteiger partial charge in [-0.2, -0.15) is 12.3 Å². The minimum absolute atomic E-state index is 0.0278. The smallest absolute Gasteiger partial charge is 0.332 e. The summed E-state index contributed by atoms with van der Waals surface area (Å²) in [5.41, 5.74) is 8.31. The molecule has 1 amide bonds. The van der Waals surface area contributed by atoms with E-state index in [1.807, 2.05) is 18.2 Å². The molecule has 3 aromatic carbocycles. The number of carbonyl (C=O) groups excluding carboxylic acids is 1. The lowest BCUT2D eigenvalue weighted by Crippen LogP contribution is -2.63. The number of hydrogen-bond donors (Lipinski definition) is 2. The Morgan fingerprint density at radius 1 is 1.00 bits per heavy atom. The summed E-state index contributed by atoms with van der Waals surface area (Å²) in [6.45, 7) is 6.77. The van der Waals surface area contributed by atoms with Crippen LogP contribution in [0, 0.1) is 15.5 Å². The fraction of sp³-hybridized carbons (Fsp3) is 0.417. The van der Waals surface area contributed by atoms with Crippen LogP contribution in [0.4, 0.5) is 15.8 Å². The summed E-state index contributed by atoms with van der Waals surface area (Å²) in [5, 5.41) is 14.0. The van der Waals surface area contributed by atoms with E-state index in [1.54, 1.807) is 18.3 Å². The van der Waals surface area contributed by atoms with E-state index in [4.69, 9.17) is 26.8 Å². The highest BCUT2D eigenvalue weighted by Gasteiger charge is 2.49. The van der Waals surface area contributed by atoms with Crippen molar-refractivity contribution in [3.63, 3.8) is 0 Å². The van der Waals surface area contributed by atoms with E-state index in [2.05, 4.69) is 45.7 Å². The molecule has 0 unspecified atom stereocenters. The highest BCUT2D eigenvalue weighted by atomic mass is 35.5. The SMILES string of the molecule is CC1(C)CCC(CN2CC[N+](c3ccc(C(N)=O)c(Oc4cnc5[nH]ccc5c4)c3)(S(=O)(=O)c3ccc(OCC4(F)CCN(C5CC5)CC4)c([N+](=O)[O-])c3)CC2)=C(c2ccc(Cl)cc2)C1. The maximum atomic E-state index is 16.0. The van der Waals surface area contributed by atoms with Gasteiger partial charge in [0.05, 0.1) is 16.7 Å². The number of alkyl halides is 1. The van der Waals surface area contributed by atoms with Gasteiger partial charge in [0, 0.05) is 73.6 Å². The van der Waals surface area contributed by atoms with E-state index in [9.17, 15) is 14.9 Å². The van der Waals surface area contributed by atoms with E-state index >= 15 is 12.8 Å². The first kappa shape index (κ1) is 44.8. The van der Waals surface area contributed by atoms with Crippen LogP contribution < -0.4 is 19.1 Å². The number of piperazine rings is 1. The number of nitro groups is 1. The number of likely N-dealkylation sites (tertiary alicyclic amines) is 1. The van der Waals surface area contributed by atoms with Gasteiger partial charge in [0.1, 0.15) is 47.4 Å². The first-order chi connectivity index (χ1) is 31.0. The molecule has 2 aromatic heterocycles. The molecular formula is C48H54ClFN7O7S+. The summed E-state index contributed by atoms with van der Waals surface area (Å²) in [6.07, 6.45) is 8.73. The quantitative estimate of drug-likeness (QED) is 0.0622. The van der Waals surface area contributed by atoms with Crippen LogP contribution in [0.3, 0.4) is 0 Å². The highest BCUT2D eigenvalue weighted by Crippen LogP contribution is 2.45. The third-order valence-corrected chi connectivity index (χ3v) is 16.4. The molecule has 9 rings (SSSR count). The third-order valence-electron chi connectivity index (χ3n) is 13.8. The van der Waals surface area contributed by atoms with Gasteiger partial charge in [-0.25, -0.2) is 9.37 Å². The van der Waals surface area contributed by atoms with E-state index in [0.29, 0.717) is 55.2 Å². The van der Waals surface area contributed by atoms with Crippen LogP contribution in [0.25, 0.3) is 16.6 Å². The Kier molecular flexibility index (Phi) is 12.0. The predicted molar refractivity (Wildman–Crippen MR) is 249 cm³/mol. The molecule has 4 heterocycles. The van der Waals surface area contributed by atoms with Crippen molar-refractivity contribution in [2.24, 2.45) is 11.1 Å². The minimum Gasteiger partial charge on any atom is -0.483 e. The molecule has 3 fully saturated rings. The summed E-state index contributed by atoms with van der Waals surface area (Å²) < 4.78 is 58.3. The Morgan fingerprint density at radius 3 is 2.43 bits per heavy atom. The van der Waals surface area contributed by atoms with Crippen molar-refractivity contribution >= 4 is 55.5 Å².